The van der Waals surface area contributed by atoms with Gasteiger partial charge in [-0.15, -0.1) is 0 Å². The van der Waals surface area contributed by atoms with Gasteiger partial charge in [0.1, 0.15) is 0 Å². The first-order valence-corrected chi connectivity index (χ1v) is 8.58. The van der Waals surface area contributed by atoms with Gasteiger partial charge in [0.05, 0.1) is 3.57 Å². The maximum Gasteiger partial charge on any atom is 0.184 e. The van der Waals surface area contributed by atoms with Crippen molar-refractivity contribution >= 4 is 22.6 Å². The molecule has 0 radical (unpaired) electrons. The Kier molecular flexibility index (Phi) is 3.67. The molecule has 1 aliphatic heterocycles. The number of benzene rings is 2. The molecule has 1 aliphatic rings. The number of halogens is 1. The summed E-state index contributed by atoms with van der Waals surface area (Å²) in [6, 6.07) is 0. The predicted molar refractivity (Wildman–Crippen MR) is 98.9 cm³/mol. The zero-order valence-electron chi connectivity index (χ0n) is 14.2. The molecule has 1 heterocycles. The van der Waals surface area contributed by atoms with E-state index in [-0.39, 0.29) is 0 Å². The Labute approximate surface area is 146 Å². The lowest BCUT2D eigenvalue weighted by Crippen LogP contribution is -2.09. The fourth-order valence-electron chi connectivity index (χ4n) is 2.96. The Morgan fingerprint density at radius 1 is 0.455 bits per heavy atom. The second-order valence-corrected chi connectivity index (χ2v) is 7.29. The minimum Gasteiger partial charge on any atom is -0.449 e. The smallest absolute Gasteiger partial charge is 0.184 e. The third-order valence-electron chi connectivity index (χ3n) is 5.18. The zero-order valence-corrected chi connectivity index (χ0v) is 16.4. The third-order valence-corrected chi connectivity index (χ3v) is 6.48. The van der Waals surface area contributed by atoms with Gasteiger partial charge in [-0.2, -0.15) is 0 Å². The third kappa shape index (κ3) is 1.98. The summed E-state index contributed by atoms with van der Waals surface area (Å²) in [5.74, 6) is 3.47. The summed E-state index contributed by atoms with van der Waals surface area (Å²) in [6.45, 7) is 14.9. The first-order valence-electron chi connectivity index (χ1n) is 7.51. The van der Waals surface area contributed by atoms with Gasteiger partial charge in [0, 0.05) is 0 Å². The van der Waals surface area contributed by atoms with Gasteiger partial charge in [0.25, 0.3) is 0 Å². The van der Waals surface area contributed by atoms with Crippen molar-refractivity contribution in [3.05, 3.63) is 42.5 Å². The summed E-state index contributed by atoms with van der Waals surface area (Å²) in [4.78, 5) is 0. The van der Waals surface area contributed by atoms with E-state index in [0.717, 1.165) is 43.3 Å². The first-order chi connectivity index (χ1) is 10.3. The van der Waals surface area contributed by atoms with Crippen molar-refractivity contribution in [1.29, 1.82) is 0 Å². The lowest BCUT2D eigenvalue weighted by Gasteiger charge is -2.29. The lowest BCUT2D eigenvalue weighted by atomic mass is 9.96. The van der Waals surface area contributed by atoms with Crippen molar-refractivity contribution in [2.45, 2.75) is 48.5 Å². The number of hydrogen-bond donors (Lipinski definition) is 0. The minimum atomic E-state index is 0.861. The summed E-state index contributed by atoms with van der Waals surface area (Å²) in [5.41, 5.74) is 8.58. The van der Waals surface area contributed by atoms with E-state index < -0.39 is 0 Å². The van der Waals surface area contributed by atoms with Crippen LogP contribution in [0, 0.1) is 52.0 Å². The summed E-state index contributed by atoms with van der Waals surface area (Å²) in [7, 11) is 0. The predicted octanol–water partition coefficient (Wildman–Crippen LogP) is 6.35. The molecule has 2 aromatic carbocycles. The second-order valence-electron chi connectivity index (χ2n) is 6.21. The molecule has 0 bridgehead atoms. The molecule has 0 atom stereocenters. The standard InChI is InChI=1S/C19H21IO2/c1-8-9(2)13(6)17-16(12(8)5)21-18-14(7)10(3)11(4)15(20)19(18)22-17/h1-7H3. The normalized spacial score (nSPS) is 12.4. The van der Waals surface area contributed by atoms with Gasteiger partial charge in [-0.1, -0.05) is 0 Å². The van der Waals surface area contributed by atoms with Gasteiger partial charge < -0.3 is 9.47 Å². The monoisotopic (exact) mass is 408 g/mol. The van der Waals surface area contributed by atoms with E-state index in [9.17, 15) is 0 Å². The van der Waals surface area contributed by atoms with Crippen LogP contribution in [0.15, 0.2) is 0 Å². The van der Waals surface area contributed by atoms with Crippen LogP contribution in [0.25, 0.3) is 0 Å². The fourth-order valence-corrected chi connectivity index (χ4v) is 3.72. The first kappa shape index (κ1) is 15.7. The van der Waals surface area contributed by atoms with Crippen molar-refractivity contribution < 1.29 is 9.47 Å². The molecule has 0 spiro atoms. The maximum atomic E-state index is 6.34. The second kappa shape index (κ2) is 5.15. The van der Waals surface area contributed by atoms with Gasteiger partial charge >= 0.3 is 0 Å². The Morgan fingerprint density at radius 2 is 0.773 bits per heavy atom. The van der Waals surface area contributed by atoms with Crippen LogP contribution in [-0.4, -0.2) is 0 Å². The van der Waals surface area contributed by atoms with E-state index in [1.165, 1.54) is 22.3 Å². The van der Waals surface area contributed by atoms with E-state index in [2.05, 4.69) is 71.1 Å². The molecule has 0 amide bonds. The summed E-state index contributed by atoms with van der Waals surface area (Å²) in [6.07, 6.45) is 0. The van der Waals surface area contributed by atoms with Gasteiger partial charge in [-0.3, -0.25) is 0 Å². The van der Waals surface area contributed by atoms with E-state index >= 15 is 0 Å². The van der Waals surface area contributed by atoms with E-state index in [1.807, 2.05) is 0 Å². The number of rotatable bonds is 0. The molecule has 0 N–H and O–H groups in total. The summed E-state index contributed by atoms with van der Waals surface area (Å²) >= 11 is 2.36. The highest BCUT2D eigenvalue weighted by Gasteiger charge is 2.29. The van der Waals surface area contributed by atoms with Crippen LogP contribution in [0.2, 0.25) is 0 Å². The van der Waals surface area contributed by atoms with Crippen LogP contribution < -0.4 is 9.47 Å². The summed E-state index contributed by atoms with van der Waals surface area (Å²) in [5, 5.41) is 0. The molecule has 0 unspecified atom stereocenters. The fraction of sp³-hybridized carbons (Fsp3) is 0.368. The Balaban J connectivity index is 2.32. The highest BCUT2D eigenvalue weighted by atomic mass is 127. The van der Waals surface area contributed by atoms with Gasteiger partial charge in [0.15, 0.2) is 23.0 Å². The van der Waals surface area contributed by atoms with Crippen molar-refractivity contribution in [3.8, 4) is 23.0 Å². The van der Waals surface area contributed by atoms with Crippen LogP contribution >= 0.6 is 22.6 Å². The van der Waals surface area contributed by atoms with Crippen LogP contribution in [0.5, 0.6) is 23.0 Å². The largest absolute Gasteiger partial charge is 0.449 e. The molecule has 116 valence electrons. The lowest BCUT2D eigenvalue weighted by molar-refractivity contribution is 0.350. The maximum absolute atomic E-state index is 6.34. The molecule has 0 fully saturated rings. The molecule has 0 saturated carbocycles. The molecule has 3 heteroatoms. The molecule has 2 nitrogen and oxygen atoms in total. The average molecular weight is 408 g/mol. The highest BCUT2D eigenvalue weighted by molar-refractivity contribution is 14.1. The zero-order chi connectivity index (χ0) is 16.3. The Hall–Kier alpha value is -1.23. The minimum absolute atomic E-state index is 0.861. The topological polar surface area (TPSA) is 18.5 Å². The number of fused-ring (bicyclic) bond motifs is 2. The molecular weight excluding hydrogens is 387 g/mol. The Bertz CT molecular complexity index is 684. The molecule has 0 saturated heterocycles. The Morgan fingerprint density at radius 3 is 1.23 bits per heavy atom. The van der Waals surface area contributed by atoms with Gasteiger partial charge in [-0.25, -0.2) is 0 Å². The quantitative estimate of drug-likeness (QED) is 0.404. The van der Waals surface area contributed by atoms with E-state index in [1.54, 1.807) is 0 Å². The molecule has 0 aromatic heterocycles. The van der Waals surface area contributed by atoms with Crippen LogP contribution in [0.4, 0.5) is 0 Å². The average Bonchev–Trinajstić information content (AvgIpc) is 2.52. The van der Waals surface area contributed by atoms with Gasteiger partial charge in [0.2, 0.25) is 0 Å². The van der Waals surface area contributed by atoms with E-state index in [0.29, 0.717) is 0 Å². The van der Waals surface area contributed by atoms with Gasteiger partial charge in [-0.05, 0) is 110 Å². The van der Waals surface area contributed by atoms with Crippen molar-refractivity contribution in [2.24, 2.45) is 0 Å². The molecule has 2 aromatic rings. The van der Waals surface area contributed by atoms with Crippen LogP contribution in [0.3, 0.4) is 0 Å². The van der Waals surface area contributed by atoms with E-state index in [4.69, 9.17) is 9.47 Å². The van der Waals surface area contributed by atoms with Crippen LogP contribution in [-0.2, 0) is 0 Å². The van der Waals surface area contributed by atoms with Crippen LogP contribution in [0.1, 0.15) is 38.9 Å². The molecule has 22 heavy (non-hydrogen) atoms. The number of hydrogen-bond acceptors (Lipinski definition) is 2. The molecule has 3 rings (SSSR count). The molecule has 0 aliphatic carbocycles. The van der Waals surface area contributed by atoms with Crippen molar-refractivity contribution in [2.75, 3.05) is 0 Å². The van der Waals surface area contributed by atoms with Crippen molar-refractivity contribution in [3.63, 3.8) is 0 Å². The van der Waals surface area contributed by atoms with Crippen molar-refractivity contribution in [1.82, 2.24) is 0 Å². The SMILES string of the molecule is Cc1c(C)c(C)c2c(c1C)Oc1c(C)c(C)c(C)c(I)c1O2. The highest BCUT2D eigenvalue weighted by Crippen LogP contribution is 2.54. The summed E-state index contributed by atoms with van der Waals surface area (Å²) < 4.78 is 13.8. The number of ether oxygens (including phenoxy) is 2. The molecular formula is C19H21IO2.